The van der Waals surface area contributed by atoms with Crippen molar-refractivity contribution in [3.63, 3.8) is 0 Å². The van der Waals surface area contributed by atoms with Gasteiger partial charge in [0, 0.05) is 37.4 Å². The molecule has 1 aromatic heterocycles. The summed E-state index contributed by atoms with van der Waals surface area (Å²) in [6.45, 7) is 13.0. The van der Waals surface area contributed by atoms with E-state index in [0.29, 0.717) is 44.8 Å². The van der Waals surface area contributed by atoms with Crippen molar-refractivity contribution in [3.8, 4) is 11.3 Å². The van der Waals surface area contributed by atoms with E-state index in [0.717, 1.165) is 27.9 Å². The van der Waals surface area contributed by atoms with Crippen LogP contribution in [0.3, 0.4) is 0 Å². The van der Waals surface area contributed by atoms with Crippen LogP contribution in [-0.2, 0) is 38.4 Å². The third-order valence-corrected chi connectivity index (χ3v) is 11.4. The number of hydrogen-bond acceptors (Lipinski definition) is 8. The first-order valence-corrected chi connectivity index (χ1v) is 22.7. The summed E-state index contributed by atoms with van der Waals surface area (Å²) in [5, 5.41) is 9.40. The summed E-state index contributed by atoms with van der Waals surface area (Å²) in [6.07, 6.45) is 3.59. The number of nitrogens with one attached hydrogen (secondary N) is 3. The zero-order valence-electron chi connectivity index (χ0n) is 37.4. The van der Waals surface area contributed by atoms with Gasteiger partial charge in [0.1, 0.15) is 12.1 Å². The number of amides is 5. The minimum atomic E-state index is -0.915. The zero-order valence-corrected chi connectivity index (χ0v) is 38.2. The van der Waals surface area contributed by atoms with Crippen LogP contribution in [0, 0.1) is 10.8 Å². The van der Waals surface area contributed by atoms with Crippen molar-refractivity contribution in [2.45, 2.75) is 97.6 Å². The number of carbonyl (C=O) groups excluding carboxylic acids is 4. The molecule has 1 aliphatic heterocycles. The smallest absolute Gasteiger partial charge is 0.407 e. The maximum atomic E-state index is 14.9. The van der Waals surface area contributed by atoms with E-state index >= 15 is 0 Å². The van der Waals surface area contributed by atoms with Crippen LogP contribution in [0.2, 0.25) is 0 Å². The summed E-state index contributed by atoms with van der Waals surface area (Å²) in [5.41, 5.74) is 3.54. The van der Waals surface area contributed by atoms with Crippen molar-refractivity contribution < 1.29 is 28.7 Å². The third-order valence-electron chi connectivity index (χ3n) is 11.0. The first-order valence-electron chi connectivity index (χ1n) is 21.3. The highest BCUT2D eigenvalue weighted by Crippen LogP contribution is 2.30. The molecular weight excluding hydrogens is 801 g/mol. The van der Waals surface area contributed by atoms with Crippen LogP contribution >= 0.6 is 11.8 Å². The largest absolute Gasteiger partial charge is 0.453 e. The maximum absolute atomic E-state index is 14.9. The molecule has 0 spiro atoms. The summed E-state index contributed by atoms with van der Waals surface area (Å²) in [6, 6.07) is 30.7. The SMILES string of the molecule is COC(=O)N[C@H](C(=O)N[C@@H](Cc1ccc(-c2ccccn2)cc1)C[C@H](OCSC)[C@H](Cc1ccccc1)NC(=O)[C@@H](N1CCN(Cc2ccccc2)C1=O)C(C)(C)C)C(C)(C)C. The van der Waals surface area contributed by atoms with Gasteiger partial charge in [0.2, 0.25) is 11.8 Å². The van der Waals surface area contributed by atoms with Crippen molar-refractivity contribution in [1.29, 1.82) is 0 Å². The van der Waals surface area contributed by atoms with E-state index < -0.39 is 47.2 Å². The quantitative estimate of drug-likeness (QED) is 0.0815. The van der Waals surface area contributed by atoms with E-state index in [4.69, 9.17) is 9.47 Å². The van der Waals surface area contributed by atoms with Crippen molar-refractivity contribution >= 4 is 35.7 Å². The molecule has 0 aliphatic carbocycles. The number of carbonyl (C=O) groups is 4. The summed E-state index contributed by atoms with van der Waals surface area (Å²) >= 11 is 1.52. The lowest BCUT2D eigenvalue weighted by Gasteiger charge is -2.39. The van der Waals surface area contributed by atoms with Crippen LogP contribution in [-0.4, -0.2) is 101 Å². The molecule has 0 unspecified atom stereocenters. The van der Waals surface area contributed by atoms with Gasteiger partial charge in [-0.3, -0.25) is 14.6 Å². The highest BCUT2D eigenvalue weighted by molar-refractivity contribution is 7.98. The molecule has 0 bridgehead atoms. The highest BCUT2D eigenvalue weighted by atomic mass is 32.2. The minimum Gasteiger partial charge on any atom is -0.453 e. The molecule has 5 rings (SSSR count). The lowest BCUT2D eigenvalue weighted by molar-refractivity contribution is -0.131. The van der Waals surface area contributed by atoms with Gasteiger partial charge in [-0.15, -0.1) is 11.8 Å². The summed E-state index contributed by atoms with van der Waals surface area (Å²) in [7, 11) is 1.27. The Morgan fingerprint density at radius 2 is 1.37 bits per heavy atom. The first kappa shape index (κ1) is 47.6. The Kier molecular flexibility index (Phi) is 17.0. The predicted molar refractivity (Wildman–Crippen MR) is 246 cm³/mol. The second kappa shape index (κ2) is 22.1. The number of pyridine rings is 1. The van der Waals surface area contributed by atoms with Crippen LogP contribution < -0.4 is 16.0 Å². The van der Waals surface area contributed by atoms with E-state index in [2.05, 4.69) is 20.9 Å². The molecule has 5 amide bonds. The monoisotopic (exact) mass is 864 g/mol. The number of ether oxygens (including phenoxy) is 2. The van der Waals surface area contributed by atoms with Crippen LogP contribution in [0.25, 0.3) is 11.3 Å². The molecule has 332 valence electrons. The van der Waals surface area contributed by atoms with Crippen molar-refractivity contribution in [2.75, 3.05) is 32.4 Å². The Labute approximate surface area is 371 Å². The molecule has 0 radical (unpaired) electrons. The Bertz CT molecular complexity index is 2040. The average molecular weight is 865 g/mol. The number of alkyl carbamates (subject to hydrolysis) is 1. The Morgan fingerprint density at radius 1 is 0.742 bits per heavy atom. The molecule has 1 fully saturated rings. The van der Waals surface area contributed by atoms with Crippen LogP contribution in [0.1, 0.15) is 64.7 Å². The molecular formula is C49H64N6O6S. The lowest BCUT2D eigenvalue weighted by atomic mass is 9.84. The van der Waals surface area contributed by atoms with Crippen LogP contribution in [0.15, 0.2) is 109 Å². The zero-order chi connectivity index (χ0) is 44.9. The van der Waals surface area contributed by atoms with Gasteiger partial charge < -0.3 is 35.2 Å². The number of nitrogens with zero attached hydrogens (tertiary/aromatic N) is 3. The second-order valence-corrected chi connectivity index (χ2v) is 18.9. The fourth-order valence-corrected chi connectivity index (χ4v) is 8.25. The molecule has 4 aromatic rings. The molecule has 1 saturated heterocycles. The lowest BCUT2D eigenvalue weighted by Crippen LogP contribution is -2.59. The Balaban J connectivity index is 1.48. The molecule has 62 heavy (non-hydrogen) atoms. The van der Waals surface area contributed by atoms with Gasteiger partial charge in [-0.05, 0) is 65.2 Å². The molecule has 5 atom stereocenters. The van der Waals surface area contributed by atoms with E-state index in [1.807, 2.05) is 151 Å². The summed E-state index contributed by atoms with van der Waals surface area (Å²) in [5.74, 6) is -0.306. The molecule has 1 aliphatic rings. The third kappa shape index (κ3) is 13.5. The summed E-state index contributed by atoms with van der Waals surface area (Å²) < 4.78 is 11.6. The highest BCUT2D eigenvalue weighted by Gasteiger charge is 2.45. The average Bonchev–Trinajstić information content (AvgIpc) is 3.59. The molecule has 3 N–H and O–H groups in total. The first-order chi connectivity index (χ1) is 29.6. The van der Waals surface area contributed by atoms with Gasteiger partial charge in [-0.1, -0.05) is 133 Å². The van der Waals surface area contributed by atoms with Gasteiger partial charge in [-0.2, -0.15) is 0 Å². The maximum Gasteiger partial charge on any atom is 0.407 e. The Hall–Kier alpha value is -5.40. The standard InChI is InChI=1S/C49H64N6O6S/c1-48(2,3)42(53-46(58)60-7)44(56)51-38(29-35-22-24-37(25-23-35)39-21-15-16-26-50-39)31-41(61-33-62-8)40(30-34-17-11-9-12-18-34)52-45(57)43(49(4,5)6)55-28-27-54(47(55)59)32-36-19-13-10-14-20-36/h9-26,38,40-43H,27-33H2,1-8H3,(H,51,56)(H,52,57)(H,53,58)/t38-,40-,41-,42+,43+/m0/s1. The van der Waals surface area contributed by atoms with Gasteiger partial charge in [-0.25, -0.2) is 9.59 Å². The number of aromatic nitrogens is 1. The summed E-state index contributed by atoms with van der Waals surface area (Å²) in [4.78, 5) is 63.7. The van der Waals surface area contributed by atoms with Crippen molar-refractivity contribution in [1.82, 2.24) is 30.7 Å². The number of hydrogen-bond donors (Lipinski definition) is 3. The number of methoxy groups -OCH3 is 1. The van der Waals surface area contributed by atoms with Gasteiger partial charge >= 0.3 is 12.1 Å². The Morgan fingerprint density at radius 3 is 1.95 bits per heavy atom. The van der Waals surface area contributed by atoms with Gasteiger partial charge in [0.25, 0.3) is 0 Å². The fourth-order valence-electron chi connectivity index (χ4n) is 7.94. The van der Waals surface area contributed by atoms with Crippen molar-refractivity contribution in [2.24, 2.45) is 10.8 Å². The van der Waals surface area contributed by atoms with E-state index in [1.165, 1.54) is 18.9 Å². The predicted octanol–water partition coefficient (Wildman–Crippen LogP) is 7.72. The van der Waals surface area contributed by atoms with Gasteiger partial charge in [0.15, 0.2) is 0 Å². The normalized spacial score (nSPS) is 15.6. The number of urea groups is 1. The number of benzene rings is 3. The number of rotatable bonds is 19. The van der Waals surface area contributed by atoms with Crippen LogP contribution in [0.5, 0.6) is 0 Å². The second-order valence-electron chi connectivity index (χ2n) is 18.1. The minimum absolute atomic E-state index is 0.176. The van der Waals surface area contributed by atoms with Crippen LogP contribution in [0.4, 0.5) is 9.59 Å². The molecule has 13 heteroatoms. The topological polar surface area (TPSA) is 142 Å². The fraction of sp³-hybridized carbons (Fsp3) is 0.449. The molecule has 2 heterocycles. The molecule has 12 nitrogen and oxygen atoms in total. The van der Waals surface area contributed by atoms with Crippen molar-refractivity contribution in [3.05, 3.63) is 126 Å². The van der Waals surface area contributed by atoms with Gasteiger partial charge in [0.05, 0.1) is 30.9 Å². The molecule has 0 saturated carbocycles. The van der Waals surface area contributed by atoms with E-state index in [9.17, 15) is 19.2 Å². The van der Waals surface area contributed by atoms with E-state index in [1.54, 1.807) is 16.0 Å². The van der Waals surface area contributed by atoms with E-state index in [-0.39, 0.29) is 17.8 Å². The number of thioether (sulfide) groups is 1. The molecule has 3 aromatic carbocycles.